The van der Waals surface area contributed by atoms with E-state index in [9.17, 15) is 4.79 Å². The predicted molar refractivity (Wildman–Crippen MR) is 89.9 cm³/mol. The number of hydrogen-bond donors (Lipinski definition) is 3. The Kier molecular flexibility index (Phi) is 7.43. The lowest BCUT2D eigenvalue weighted by Gasteiger charge is -2.33. The fraction of sp³-hybridized carbons (Fsp3) is 0.500. The van der Waals surface area contributed by atoms with Crippen LogP contribution in [0.15, 0.2) is 18.2 Å². The molecule has 0 saturated carbocycles. The number of hydrazine groups is 1. The maximum atomic E-state index is 11.4. The second-order valence-corrected chi connectivity index (χ2v) is 4.80. The number of anilines is 2. The third kappa shape index (κ3) is 4.56. The number of hydrogen-bond acceptors (Lipinski definition) is 6. The Morgan fingerprint density at radius 2 is 2.00 bits per heavy atom. The molecule has 1 aromatic rings. The summed E-state index contributed by atoms with van der Waals surface area (Å²) in [4.78, 5) is 11.4. The molecule has 7 heteroatoms. The molecule has 1 aliphatic rings. The van der Waals surface area contributed by atoms with Gasteiger partial charge in [0.05, 0.1) is 26.4 Å². The topological polar surface area (TPSA) is 93.6 Å². The third-order valence-corrected chi connectivity index (χ3v) is 3.56. The van der Waals surface area contributed by atoms with Crippen LogP contribution in [0, 0.1) is 0 Å². The zero-order chi connectivity index (χ0) is 15.8. The van der Waals surface area contributed by atoms with Crippen LogP contribution in [-0.4, -0.2) is 25.1 Å². The summed E-state index contributed by atoms with van der Waals surface area (Å²) in [6, 6.07) is 5.28. The zero-order valence-corrected chi connectivity index (χ0v) is 13.8. The molecular formula is C14H25N4O2P. The predicted octanol–water partition coefficient (Wildman–Crippen LogP) is 1.67. The smallest absolute Gasteiger partial charge is 0.340 e. The van der Waals surface area contributed by atoms with Crippen molar-refractivity contribution in [2.45, 2.75) is 32.7 Å². The van der Waals surface area contributed by atoms with Gasteiger partial charge in [-0.25, -0.2) is 10.6 Å². The molecule has 0 aromatic heterocycles. The Morgan fingerprint density at radius 3 is 2.52 bits per heavy atom. The zero-order valence-electron chi connectivity index (χ0n) is 12.6. The van der Waals surface area contributed by atoms with E-state index in [1.165, 1.54) is 0 Å². The van der Waals surface area contributed by atoms with Gasteiger partial charge in [0, 0.05) is 6.04 Å². The standard InChI is InChI=1S/C12H19N4O2P.C2H6/c13-10-7-8(12(17)18-19)1-2-11(10)16(14)9-3-5-15-6-4-9;1-2/h1-2,7,9,15H,3-6,13-14,19H2;1-2H3. The molecule has 0 spiro atoms. The van der Waals surface area contributed by atoms with Crippen molar-refractivity contribution in [3.63, 3.8) is 0 Å². The van der Waals surface area contributed by atoms with Crippen LogP contribution in [0.4, 0.5) is 11.4 Å². The Bertz CT molecular complexity index is 464. The van der Waals surface area contributed by atoms with Gasteiger partial charge in [0.2, 0.25) is 0 Å². The van der Waals surface area contributed by atoms with Crippen LogP contribution in [0.25, 0.3) is 0 Å². The molecule has 1 saturated heterocycles. The second kappa shape index (κ2) is 8.82. The van der Waals surface area contributed by atoms with Gasteiger partial charge in [-0.3, -0.25) is 0 Å². The molecule has 1 atom stereocenters. The van der Waals surface area contributed by atoms with E-state index in [1.807, 2.05) is 23.3 Å². The van der Waals surface area contributed by atoms with Crippen molar-refractivity contribution in [3.05, 3.63) is 23.8 Å². The maximum Gasteiger partial charge on any atom is 0.340 e. The summed E-state index contributed by atoms with van der Waals surface area (Å²) in [5.41, 5.74) is 7.60. The van der Waals surface area contributed by atoms with Crippen molar-refractivity contribution in [3.8, 4) is 0 Å². The molecule has 0 bridgehead atoms. The fourth-order valence-corrected chi connectivity index (χ4v) is 2.40. The lowest BCUT2D eigenvalue weighted by molar-refractivity contribution is 0.0765. The van der Waals surface area contributed by atoms with E-state index < -0.39 is 5.97 Å². The van der Waals surface area contributed by atoms with Crippen LogP contribution in [0.2, 0.25) is 0 Å². The largest absolute Gasteiger partial charge is 0.448 e. The van der Waals surface area contributed by atoms with Crippen molar-refractivity contribution in [1.29, 1.82) is 0 Å². The highest BCUT2D eigenvalue weighted by atomic mass is 31.0. The lowest BCUT2D eigenvalue weighted by Crippen LogP contribution is -2.47. The van der Waals surface area contributed by atoms with E-state index in [0.29, 0.717) is 11.3 Å². The van der Waals surface area contributed by atoms with E-state index in [1.54, 1.807) is 23.2 Å². The minimum atomic E-state index is -0.436. The van der Waals surface area contributed by atoms with E-state index in [-0.39, 0.29) is 6.04 Å². The Morgan fingerprint density at radius 1 is 1.38 bits per heavy atom. The van der Waals surface area contributed by atoms with E-state index in [0.717, 1.165) is 31.6 Å². The normalized spacial score (nSPS) is 14.9. The number of nitrogen functional groups attached to an aromatic ring is 1. The number of carbonyl (C=O) groups excluding carboxylic acids is 1. The first-order chi connectivity index (χ1) is 10.1. The number of benzene rings is 1. The second-order valence-electron chi connectivity index (χ2n) is 4.57. The van der Waals surface area contributed by atoms with Gasteiger partial charge in [-0.05, 0) is 44.1 Å². The first-order valence-corrected chi connectivity index (χ1v) is 7.66. The van der Waals surface area contributed by atoms with E-state index in [4.69, 9.17) is 11.6 Å². The number of carbonyl (C=O) groups is 1. The van der Waals surface area contributed by atoms with E-state index in [2.05, 4.69) is 9.84 Å². The highest BCUT2D eigenvalue weighted by Crippen LogP contribution is 2.26. The monoisotopic (exact) mass is 312 g/mol. The average molecular weight is 312 g/mol. The molecule has 1 fully saturated rings. The summed E-state index contributed by atoms with van der Waals surface area (Å²) in [5.74, 6) is 5.70. The average Bonchev–Trinajstić information content (AvgIpc) is 2.56. The van der Waals surface area contributed by atoms with Gasteiger partial charge in [-0.15, -0.1) is 0 Å². The summed E-state index contributed by atoms with van der Waals surface area (Å²) in [6.07, 6.45) is 1.96. The van der Waals surface area contributed by atoms with Crippen LogP contribution >= 0.6 is 9.47 Å². The van der Waals surface area contributed by atoms with Gasteiger partial charge in [-0.2, -0.15) is 0 Å². The van der Waals surface area contributed by atoms with Crippen molar-refractivity contribution >= 4 is 26.8 Å². The van der Waals surface area contributed by atoms with Gasteiger partial charge < -0.3 is 20.6 Å². The first kappa shape index (κ1) is 17.7. The molecule has 1 aliphatic heterocycles. The number of nitrogens with zero attached hydrogens (tertiary/aromatic N) is 1. The maximum absolute atomic E-state index is 11.4. The SMILES string of the molecule is CC.Nc1cc(C(=O)OP)ccc1N(N)C1CCNCC1. The number of rotatable bonds is 3. The summed E-state index contributed by atoms with van der Waals surface area (Å²) >= 11 is 0. The van der Waals surface area contributed by atoms with Gasteiger partial charge in [0.15, 0.2) is 0 Å². The molecule has 0 amide bonds. The highest BCUT2D eigenvalue weighted by Gasteiger charge is 2.21. The van der Waals surface area contributed by atoms with Crippen LogP contribution in [0.3, 0.4) is 0 Å². The first-order valence-electron chi connectivity index (χ1n) is 7.18. The molecule has 118 valence electrons. The molecule has 6 nitrogen and oxygen atoms in total. The van der Waals surface area contributed by atoms with Gasteiger partial charge in [0.1, 0.15) is 0 Å². The molecule has 1 heterocycles. The molecule has 2 rings (SSSR count). The van der Waals surface area contributed by atoms with Crippen LogP contribution < -0.4 is 21.9 Å². The van der Waals surface area contributed by atoms with Crippen LogP contribution in [0.5, 0.6) is 0 Å². The van der Waals surface area contributed by atoms with Crippen molar-refractivity contribution in [1.82, 2.24) is 5.32 Å². The highest BCUT2D eigenvalue weighted by molar-refractivity contribution is 7.10. The van der Waals surface area contributed by atoms with Crippen molar-refractivity contribution in [2.24, 2.45) is 5.84 Å². The van der Waals surface area contributed by atoms with E-state index >= 15 is 0 Å². The quantitative estimate of drug-likeness (QED) is 0.340. The molecule has 1 aromatic carbocycles. The molecule has 21 heavy (non-hydrogen) atoms. The number of nitrogens with two attached hydrogens (primary N) is 2. The van der Waals surface area contributed by atoms with Crippen LogP contribution in [-0.2, 0) is 4.52 Å². The minimum absolute atomic E-state index is 0.267. The summed E-state index contributed by atoms with van der Waals surface area (Å²) in [5, 5.41) is 4.99. The Balaban J connectivity index is 0.00000106. The molecular weight excluding hydrogens is 287 g/mol. The van der Waals surface area contributed by atoms with Crippen LogP contribution in [0.1, 0.15) is 37.0 Å². The number of piperidine rings is 1. The third-order valence-electron chi connectivity index (χ3n) is 3.35. The molecule has 0 aliphatic carbocycles. The summed E-state index contributed by atoms with van der Waals surface area (Å²) in [6.45, 7) is 5.91. The number of nitrogens with one attached hydrogen (secondary N) is 1. The fourth-order valence-electron chi connectivity index (χ4n) is 2.27. The van der Waals surface area contributed by atoms with Gasteiger partial charge in [-0.1, -0.05) is 13.8 Å². The molecule has 5 N–H and O–H groups in total. The van der Waals surface area contributed by atoms with Crippen molar-refractivity contribution < 1.29 is 9.32 Å². The van der Waals surface area contributed by atoms with Crippen molar-refractivity contribution in [2.75, 3.05) is 23.8 Å². The summed E-state index contributed by atoms with van der Waals surface area (Å²) < 4.78 is 4.58. The minimum Gasteiger partial charge on any atom is -0.448 e. The lowest BCUT2D eigenvalue weighted by atomic mass is 10.0. The summed E-state index contributed by atoms with van der Waals surface area (Å²) in [7, 11) is 1.93. The van der Waals surface area contributed by atoms with Gasteiger partial charge >= 0.3 is 5.97 Å². The molecule has 1 unspecified atom stereocenters. The Labute approximate surface area is 128 Å². The molecule has 0 radical (unpaired) electrons. The van der Waals surface area contributed by atoms with Gasteiger partial charge in [0.25, 0.3) is 0 Å². The Hall–Kier alpha value is -1.36.